The second-order valence-corrected chi connectivity index (χ2v) is 7.93. The molecular weight excluding hydrogens is 320 g/mol. The lowest BCUT2D eigenvalue weighted by Crippen LogP contribution is -3.12. The van der Waals surface area contributed by atoms with Crippen LogP contribution in [-0.2, 0) is 24.3 Å². The Bertz CT molecular complexity index is 785. The number of fused-ring (bicyclic) bond motifs is 1. The molecule has 4 rings (SSSR count). The first kappa shape index (κ1) is 17.3. The van der Waals surface area contributed by atoms with Gasteiger partial charge in [0, 0.05) is 18.7 Å². The van der Waals surface area contributed by atoms with Crippen molar-refractivity contribution < 1.29 is 9.69 Å². The third-order valence-electron chi connectivity index (χ3n) is 6.11. The van der Waals surface area contributed by atoms with E-state index in [1.54, 1.807) is 4.90 Å². The first-order chi connectivity index (χ1) is 12.7. The number of carbonyl (C=O) groups excluding carboxylic acids is 1. The second-order valence-electron chi connectivity index (χ2n) is 7.93. The van der Waals surface area contributed by atoms with Crippen molar-refractivity contribution in [1.29, 1.82) is 0 Å². The van der Waals surface area contributed by atoms with E-state index in [2.05, 4.69) is 60.4 Å². The minimum atomic E-state index is 0.188. The SMILES string of the molecule is Cc1ccccc1C[NH+]1CCC[C@@H](C(=O)N2CCc3ccccc3C2)C1. The zero-order valence-corrected chi connectivity index (χ0v) is 15.7. The molecule has 1 saturated heterocycles. The maximum absolute atomic E-state index is 13.1. The lowest BCUT2D eigenvalue weighted by Gasteiger charge is -2.35. The standard InChI is InChI=1S/C23H28N2O/c1-18-7-2-3-9-20(18)15-24-13-6-11-22(16-24)23(26)25-14-12-19-8-4-5-10-21(19)17-25/h2-5,7-10,22H,6,11-17H2,1H3/p+1/t22-/m1/s1. The van der Waals surface area contributed by atoms with Crippen LogP contribution in [0.4, 0.5) is 0 Å². The summed E-state index contributed by atoms with van der Waals surface area (Å²) in [4.78, 5) is 16.8. The van der Waals surface area contributed by atoms with Gasteiger partial charge < -0.3 is 9.80 Å². The Morgan fingerprint density at radius 3 is 2.73 bits per heavy atom. The summed E-state index contributed by atoms with van der Waals surface area (Å²) in [6, 6.07) is 17.2. The van der Waals surface area contributed by atoms with Gasteiger partial charge in [0.25, 0.3) is 0 Å². The first-order valence-electron chi connectivity index (χ1n) is 9.94. The molecule has 1 amide bonds. The molecule has 0 spiro atoms. The first-order valence-corrected chi connectivity index (χ1v) is 9.94. The lowest BCUT2D eigenvalue weighted by molar-refractivity contribution is -0.921. The van der Waals surface area contributed by atoms with Gasteiger partial charge in [0.05, 0.1) is 19.0 Å². The number of nitrogens with zero attached hydrogens (tertiary/aromatic N) is 1. The van der Waals surface area contributed by atoms with Gasteiger partial charge >= 0.3 is 0 Å². The highest BCUT2D eigenvalue weighted by Gasteiger charge is 2.33. The molecule has 0 aliphatic carbocycles. The summed E-state index contributed by atoms with van der Waals surface area (Å²) in [5, 5.41) is 0. The molecule has 0 radical (unpaired) electrons. The second kappa shape index (κ2) is 7.63. The summed E-state index contributed by atoms with van der Waals surface area (Å²) in [5.41, 5.74) is 5.52. The third-order valence-corrected chi connectivity index (χ3v) is 6.11. The molecule has 1 unspecified atom stereocenters. The van der Waals surface area contributed by atoms with Gasteiger partial charge in [-0.2, -0.15) is 0 Å². The molecule has 2 aromatic carbocycles. The van der Waals surface area contributed by atoms with Crippen molar-refractivity contribution in [3.8, 4) is 0 Å². The summed E-state index contributed by atoms with van der Waals surface area (Å²) < 4.78 is 0. The average molecular weight is 349 g/mol. The number of amides is 1. The van der Waals surface area contributed by atoms with Crippen LogP contribution in [0.15, 0.2) is 48.5 Å². The minimum absolute atomic E-state index is 0.188. The van der Waals surface area contributed by atoms with Gasteiger partial charge in [0.2, 0.25) is 5.91 Å². The van der Waals surface area contributed by atoms with Gasteiger partial charge in [0.15, 0.2) is 0 Å². The summed E-state index contributed by atoms with van der Waals surface area (Å²) in [7, 11) is 0. The fourth-order valence-corrected chi connectivity index (χ4v) is 4.54. The van der Waals surface area contributed by atoms with Gasteiger partial charge in [-0.15, -0.1) is 0 Å². The Hall–Kier alpha value is -2.13. The Kier molecular flexibility index (Phi) is 5.07. The van der Waals surface area contributed by atoms with Crippen LogP contribution in [0, 0.1) is 12.8 Å². The van der Waals surface area contributed by atoms with Gasteiger partial charge in [0.1, 0.15) is 6.54 Å². The maximum Gasteiger partial charge on any atom is 0.231 e. The predicted octanol–water partition coefficient (Wildman–Crippen LogP) is 2.37. The van der Waals surface area contributed by atoms with E-state index in [4.69, 9.17) is 0 Å². The molecule has 1 N–H and O–H groups in total. The molecule has 2 heterocycles. The number of hydrogen-bond acceptors (Lipinski definition) is 1. The molecule has 2 atom stereocenters. The van der Waals surface area contributed by atoms with E-state index < -0.39 is 0 Å². The van der Waals surface area contributed by atoms with E-state index in [0.717, 1.165) is 45.4 Å². The Morgan fingerprint density at radius 2 is 1.88 bits per heavy atom. The molecule has 2 aliphatic heterocycles. The van der Waals surface area contributed by atoms with E-state index in [1.165, 1.54) is 28.8 Å². The van der Waals surface area contributed by atoms with E-state index in [9.17, 15) is 4.79 Å². The number of hydrogen-bond donors (Lipinski definition) is 1. The number of likely N-dealkylation sites (tertiary alicyclic amines) is 1. The smallest absolute Gasteiger partial charge is 0.231 e. The maximum atomic E-state index is 13.1. The van der Waals surface area contributed by atoms with E-state index in [-0.39, 0.29) is 5.92 Å². The summed E-state index contributed by atoms with van der Waals surface area (Å²) >= 11 is 0. The van der Waals surface area contributed by atoms with Crippen molar-refractivity contribution in [1.82, 2.24) is 4.90 Å². The van der Waals surface area contributed by atoms with Crippen molar-refractivity contribution in [3.05, 3.63) is 70.8 Å². The Labute approximate surface area is 156 Å². The number of rotatable bonds is 3. The molecule has 2 aromatic rings. The van der Waals surface area contributed by atoms with Gasteiger partial charge in [-0.25, -0.2) is 0 Å². The van der Waals surface area contributed by atoms with Crippen LogP contribution in [0.2, 0.25) is 0 Å². The fraction of sp³-hybridized carbons (Fsp3) is 0.435. The molecule has 1 fully saturated rings. The van der Waals surface area contributed by atoms with Crippen molar-refractivity contribution in [3.63, 3.8) is 0 Å². The highest BCUT2D eigenvalue weighted by molar-refractivity contribution is 5.79. The summed E-state index contributed by atoms with van der Waals surface area (Å²) in [5.74, 6) is 0.564. The molecule has 0 bridgehead atoms. The number of quaternary nitrogens is 1. The van der Waals surface area contributed by atoms with Crippen LogP contribution in [-0.4, -0.2) is 30.4 Å². The Balaban J connectivity index is 1.40. The van der Waals surface area contributed by atoms with Crippen LogP contribution >= 0.6 is 0 Å². The minimum Gasteiger partial charge on any atom is -0.338 e. The van der Waals surface area contributed by atoms with E-state index in [1.807, 2.05) is 0 Å². The Morgan fingerprint density at radius 1 is 1.12 bits per heavy atom. The van der Waals surface area contributed by atoms with Crippen molar-refractivity contribution >= 4 is 5.91 Å². The largest absolute Gasteiger partial charge is 0.338 e. The number of carbonyl (C=O) groups is 1. The quantitative estimate of drug-likeness (QED) is 0.904. The lowest BCUT2D eigenvalue weighted by atomic mass is 9.93. The number of nitrogens with one attached hydrogen (secondary N) is 1. The van der Waals surface area contributed by atoms with E-state index in [0.29, 0.717) is 5.91 Å². The molecule has 3 heteroatoms. The van der Waals surface area contributed by atoms with Crippen molar-refractivity contribution in [2.75, 3.05) is 19.6 Å². The van der Waals surface area contributed by atoms with Crippen molar-refractivity contribution in [2.45, 2.75) is 39.3 Å². The average Bonchev–Trinajstić information content (AvgIpc) is 2.69. The molecule has 136 valence electrons. The number of piperidine rings is 1. The van der Waals surface area contributed by atoms with E-state index >= 15 is 0 Å². The molecular formula is C23H29N2O+. The normalized spacial score (nSPS) is 22.7. The highest BCUT2D eigenvalue weighted by atomic mass is 16.2. The van der Waals surface area contributed by atoms with Gasteiger partial charge in [-0.05, 0) is 42.9 Å². The third kappa shape index (κ3) is 3.68. The van der Waals surface area contributed by atoms with Crippen LogP contribution in [0.1, 0.15) is 35.1 Å². The van der Waals surface area contributed by atoms with Crippen LogP contribution in [0.5, 0.6) is 0 Å². The molecule has 2 aliphatic rings. The van der Waals surface area contributed by atoms with Crippen LogP contribution in [0.25, 0.3) is 0 Å². The van der Waals surface area contributed by atoms with Gasteiger partial charge in [-0.3, -0.25) is 4.79 Å². The predicted molar refractivity (Wildman–Crippen MR) is 104 cm³/mol. The summed E-state index contributed by atoms with van der Waals surface area (Å²) in [6.45, 7) is 7.05. The van der Waals surface area contributed by atoms with Gasteiger partial charge in [-0.1, -0.05) is 48.5 Å². The van der Waals surface area contributed by atoms with Crippen LogP contribution < -0.4 is 4.90 Å². The topological polar surface area (TPSA) is 24.8 Å². The fourth-order valence-electron chi connectivity index (χ4n) is 4.54. The van der Waals surface area contributed by atoms with Crippen LogP contribution in [0.3, 0.4) is 0 Å². The molecule has 0 aromatic heterocycles. The molecule has 26 heavy (non-hydrogen) atoms. The highest BCUT2D eigenvalue weighted by Crippen LogP contribution is 2.21. The zero-order chi connectivity index (χ0) is 17.9. The number of benzene rings is 2. The van der Waals surface area contributed by atoms with Crippen molar-refractivity contribution in [2.24, 2.45) is 5.92 Å². The summed E-state index contributed by atoms with van der Waals surface area (Å²) in [6.07, 6.45) is 3.20. The number of aryl methyl sites for hydroxylation is 1. The zero-order valence-electron chi connectivity index (χ0n) is 15.7. The molecule has 3 nitrogen and oxygen atoms in total. The monoisotopic (exact) mass is 349 g/mol. The molecule has 0 saturated carbocycles.